The van der Waals surface area contributed by atoms with Crippen molar-refractivity contribution < 1.29 is 9.90 Å². The third-order valence-corrected chi connectivity index (χ3v) is 4.09. The third-order valence-electron chi connectivity index (χ3n) is 3.87. The molecule has 1 aliphatic rings. The molecule has 0 unspecified atom stereocenters. The summed E-state index contributed by atoms with van der Waals surface area (Å²) < 4.78 is 1.81. The average Bonchev–Trinajstić information content (AvgIpc) is 3.00. The molecule has 21 heavy (non-hydrogen) atoms. The van der Waals surface area contributed by atoms with Crippen LogP contribution in [0.1, 0.15) is 40.9 Å². The number of hydrogen-bond donors (Lipinski definition) is 3. The summed E-state index contributed by atoms with van der Waals surface area (Å²) in [6.45, 7) is -0.121. The van der Waals surface area contributed by atoms with Gasteiger partial charge in [0, 0.05) is 25.2 Å². The van der Waals surface area contributed by atoms with Crippen LogP contribution in [-0.2, 0) is 13.7 Å². The molecule has 2 aromatic heterocycles. The number of H-pyrrole nitrogens is 1. The first kappa shape index (κ1) is 14.1. The molecule has 0 aromatic carbocycles. The van der Waals surface area contributed by atoms with Crippen molar-refractivity contribution in [3.8, 4) is 0 Å². The Kier molecular flexibility index (Phi) is 3.69. The molecule has 2 aromatic rings. The Morgan fingerprint density at radius 2 is 2.33 bits per heavy atom. The van der Waals surface area contributed by atoms with E-state index in [0.29, 0.717) is 16.5 Å². The van der Waals surface area contributed by atoms with E-state index >= 15 is 0 Å². The minimum Gasteiger partial charge on any atom is -0.388 e. The van der Waals surface area contributed by atoms with Crippen molar-refractivity contribution in [2.45, 2.75) is 31.4 Å². The van der Waals surface area contributed by atoms with Crippen molar-refractivity contribution in [1.29, 1.82) is 0 Å². The summed E-state index contributed by atoms with van der Waals surface area (Å²) in [5.74, 6) is 1.52. The van der Waals surface area contributed by atoms with Crippen molar-refractivity contribution in [3.63, 3.8) is 0 Å². The van der Waals surface area contributed by atoms with E-state index in [9.17, 15) is 4.79 Å². The second-order valence-corrected chi connectivity index (χ2v) is 5.70. The fourth-order valence-electron chi connectivity index (χ4n) is 2.58. The SMILES string of the molecule is Cn1c(CO)nnc1C1CC(NC(=O)c2cc(Cl)c[nH]2)C1. The Labute approximate surface area is 126 Å². The Balaban J connectivity index is 1.56. The second-order valence-electron chi connectivity index (χ2n) is 5.26. The quantitative estimate of drug-likeness (QED) is 0.784. The molecule has 2 heterocycles. The number of rotatable bonds is 4. The molecule has 1 saturated carbocycles. The fraction of sp³-hybridized carbons (Fsp3) is 0.462. The van der Waals surface area contributed by atoms with Gasteiger partial charge in [-0.3, -0.25) is 4.79 Å². The van der Waals surface area contributed by atoms with Crippen LogP contribution < -0.4 is 5.32 Å². The maximum Gasteiger partial charge on any atom is 0.267 e. The number of nitrogens with zero attached hydrogens (tertiary/aromatic N) is 3. The fourth-order valence-corrected chi connectivity index (χ4v) is 2.74. The zero-order chi connectivity index (χ0) is 15.0. The minimum absolute atomic E-state index is 0.121. The van der Waals surface area contributed by atoms with Gasteiger partial charge >= 0.3 is 0 Å². The van der Waals surface area contributed by atoms with Gasteiger partial charge in [-0.05, 0) is 18.9 Å². The summed E-state index contributed by atoms with van der Waals surface area (Å²) in [5.41, 5.74) is 0.463. The van der Waals surface area contributed by atoms with Gasteiger partial charge in [0.2, 0.25) is 0 Å². The number of aromatic amines is 1. The van der Waals surface area contributed by atoms with Crippen LogP contribution in [0.5, 0.6) is 0 Å². The molecule has 0 radical (unpaired) electrons. The van der Waals surface area contributed by atoms with Crippen LogP contribution in [-0.4, -0.2) is 36.8 Å². The summed E-state index contributed by atoms with van der Waals surface area (Å²) in [6, 6.07) is 1.72. The van der Waals surface area contributed by atoms with Crippen LogP contribution in [0.4, 0.5) is 0 Å². The molecule has 3 N–H and O–H groups in total. The molecule has 1 aliphatic carbocycles. The number of halogens is 1. The summed E-state index contributed by atoms with van der Waals surface area (Å²) >= 11 is 5.78. The van der Waals surface area contributed by atoms with Gasteiger partial charge in [0.1, 0.15) is 18.1 Å². The Hall–Kier alpha value is -1.86. The first-order valence-electron chi connectivity index (χ1n) is 6.72. The lowest BCUT2D eigenvalue weighted by Crippen LogP contribution is -2.44. The van der Waals surface area contributed by atoms with Crippen molar-refractivity contribution >= 4 is 17.5 Å². The van der Waals surface area contributed by atoms with Gasteiger partial charge in [-0.15, -0.1) is 10.2 Å². The maximum absolute atomic E-state index is 12.0. The number of carbonyl (C=O) groups excluding carboxylic acids is 1. The molecule has 0 saturated heterocycles. The van der Waals surface area contributed by atoms with E-state index in [-0.39, 0.29) is 24.5 Å². The van der Waals surface area contributed by atoms with Gasteiger partial charge < -0.3 is 20.0 Å². The van der Waals surface area contributed by atoms with Gasteiger partial charge in [-0.2, -0.15) is 0 Å². The zero-order valence-electron chi connectivity index (χ0n) is 11.5. The minimum atomic E-state index is -0.153. The molecule has 3 rings (SSSR count). The van der Waals surface area contributed by atoms with E-state index in [1.54, 1.807) is 12.3 Å². The number of nitrogens with one attached hydrogen (secondary N) is 2. The molecule has 1 fully saturated rings. The first-order chi connectivity index (χ1) is 10.1. The summed E-state index contributed by atoms with van der Waals surface area (Å²) in [5, 5.41) is 20.6. The second kappa shape index (κ2) is 5.50. The molecule has 1 amide bonds. The predicted molar refractivity (Wildman–Crippen MR) is 76.0 cm³/mol. The van der Waals surface area contributed by atoms with Gasteiger partial charge in [0.15, 0.2) is 5.82 Å². The zero-order valence-corrected chi connectivity index (χ0v) is 12.3. The average molecular weight is 310 g/mol. The summed E-state index contributed by atoms with van der Waals surface area (Å²) in [6.07, 6.45) is 3.21. The van der Waals surface area contributed by atoms with Gasteiger partial charge in [-0.1, -0.05) is 11.6 Å². The van der Waals surface area contributed by atoms with Crippen LogP contribution in [0.3, 0.4) is 0 Å². The molecule has 112 valence electrons. The Morgan fingerprint density at radius 1 is 1.57 bits per heavy atom. The van der Waals surface area contributed by atoms with Gasteiger partial charge in [0.05, 0.1) is 5.02 Å². The van der Waals surface area contributed by atoms with Crippen molar-refractivity contribution in [2.75, 3.05) is 0 Å². The highest BCUT2D eigenvalue weighted by atomic mass is 35.5. The van der Waals surface area contributed by atoms with Crippen molar-refractivity contribution in [1.82, 2.24) is 25.1 Å². The number of aliphatic hydroxyl groups is 1. The maximum atomic E-state index is 12.0. The molecule has 0 aliphatic heterocycles. The van der Waals surface area contributed by atoms with E-state index in [4.69, 9.17) is 16.7 Å². The smallest absolute Gasteiger partial charge is 0.267 e. The van der Waals surface area contributed by atoms with Crippen LogP contribution >= 0.6 is 11.6 Å². The standard InChI is InChI=1S/C13H16ClN5O2/c1-19-11(6-20)17-18-12(19)7-2-9(3-7)16-13(21)10-4-8(14)5-15-10/h4-5,7,9,15,20H,2-3,6H2,1H3,(H,16,21). The molecule has 8 heteroatoms. The lowest BCUT2D eigenvalue weighted by atomic mass is 9.79. The highest BCUT2D eigenvalue weighted by Gasteiger charge is 2.35. The van der Waals surface area contributed by atoms with Crippen LogP contribution in [0.2, 0.25) is 5.02 Å². The van der Waals surface area contributed by atoms with Crippen LogP contribution in [0.15, 0.2) is 12.3 Å². The molecule has 7 nitrogen and oxygen atoms in total. The highest BCUT2D eigenvalue weighted by Crippen LogP contribution is 2.36. The largest absolute Gasteiger partial charge is 0.388 e. The number of aliphatic hydroxyl groups excluding tert-OH is 1. The van der Waals surface area contributed by atoms with Gasteiger partial charge in [-0.25, -0.2) is 0 Å². The normalized spacial score (nSPS) is 21.1. The van der Waals surface area contributed by atoms with E-state index in [0.717, 1.165) is 18.7 Å². The lowest BCUT2D eigenvalue weighted by Gasteiger charge is -2.34. The molecule has 0 spiro atoms. The highest BCUT2D eigenvalue weighted by molar-refractivity contribution is 6.30. The Morgan fingerprint density at radius 3 is 2.90 bits per heavy atom. The van der Waals surface area contributed by atoms with E-state index in [2.05, 4.69) is 20.5 Å². The summed E-state index contributed by atoms with van der Waals surface area (Å²) in [4.78, 5) is 14.8. The first-order valence-corrected chi connectivity index (χ1v) is 7.10. The third kappa shape index (κ3) is 2.66. The molecule has 0 atom stereocenters. The summed E-state index contributed by atoms with van der Waals surface area (Å²) in [7, 11) is 1.84. The number of aromatic nitrogens is 4. The predicted octanol–water partition coefficient (Wildman–Crippen LogP) is 0.965. The van der Waals surface area contributed by atoms with Gasteiger partial charge in [0.25, 0.3) is 5.91 Å². The van der Waals surface area contributed by atoms with E-state index < -0.39 is 0 Å². The molecule has 0 bridgehead atoms. The van der Waals surface area contributed by atoms with Crippen molar-refractivity contribution in [2.24, 2.45) is 7.05 Å². The Bertz CT molecular complexity index is 659. The van der Waals surface area contributed by atoms with Crippen LogP contribution in [0, 0.1) is 0 Å². The lowest BCUT2D eigenvalue weighted by molar-refractivity contribution is 0.0902. The molecular formula is C13H16ClN5O2. The monoisotopic (exact) mass is 309 g/mol. The number of carbonyl (C=O) groups is 1. The van der Waals surface area contributed by atoms with Crippen LogP contribution in [0.25, 0.3) is 0 Å². The number of hydrogen-bond acceptors (Lipinski definition) is 4. The number of amides is 1. The topological polar surface area (TPSA) is 95.8 Å². The van der Waals surface area contributed by atoms with E-state index in [1.165, 1.54) is 0 Å². The molecular weight excluding hydrogens is 294 g/mol. The van der Waals surface area contributed by atoms with E-state index in [1.807, 2.05) is 11.6 Å². The van der Waals surface area contributed by atoms with Crippen molar-refractivity contribution in [3.05, 3.63) is 34.6 Å².